The summed E-state index contributed by atoms with van der Waals surface area (Å²) in [6.07, 6.45) is -2.10. The Kier molecular flexibility index (Phi) is 6.03. The van der Waals surface area contributed by atoms with E-state index in [4.69, 9.17) is 4.98 Å². The Morgan fingerprint density at radius 2 is 1.78 bits per heavy atom. The highest BCUT2D eigenvalue weighted by molar-refractivity contribution is 7.90. The molecule has 1 aromatic heterocycles. The number of piperidine rings is 1. The minimum absolute atomic E-state index is 0.000362. The number of hydrogen-bond donors (Lipinski definition) is 2. The first-order chi connectivity index (χ1) is 17.6. The molecule has 0 radical (unpaired) electrons. The summed E-state index contributed by atoms with van der Waals surface area (Å²) in [5.41, 5.74) is 1.38. The Labute approximate surface area is 212 Å². The Balaban J connectivity index is 1.20. The van der Waals surface area contributed by atoms with E-state index in [0.29, 0.717) is 35.4 Å². The van der Waals surface area contributed by atoms with Crippen LogP contribution in [0.5, 0.6) is 0 Å². The van der Waals surface area contributed by atoms with Gasteiger partial charge in [-0.2, -0.15) is 0 Å². The fourth-order valence-corrected chi connectivity index (χ4v) is 7.93. The molecule has 3 aliphatic heterocycles. The highest BCUT2D eigenvalue weighted by atomic mass is 32.2. The van der Waals surface area contributed by atoms with Crippen LogP contribution in [0.1, 0.15) is 44.1 Å². The molecule has 2 N–H and O–H groups in total. The van der Waals surface area contributed by atoms with Crippen LogP contribution in [-0.4, -0.2) is 79.2 Å². The van der Waals surface area contributed by atoms with Gasteiger partial charge in [0.2, 0.25) is 16.0 Å². The number of alkyl halides is 4. The number of nitrogens with zero attached hydrogens (tertiary/aromatic N) is 4. The molecule has 4 fully saturated rings. The number of sulfonamides is 1. The van der Waals surface area contributed by atoms with Crippen LogP contribution in [0.4, 0.5) is 29.2 Å². The molecule has 1 spiro atoms. The molecule has 2 aromatic rings. The first-order valence-corrected chi connectivity index (χ1v) is 14.2. The molecule has 3 saturated heterocycles. The molecule has 37 heavy (non-hydrogen) atoms. The quantitative estimate of drug-likeness (QED) is 0.519. The van der Waals surface area contributed by atoms with Crippen LogP contribution < -0.4 is 15.5 Å². The predicted molar refractivity (Wildman–Crippen MR) is 132 cm³/mol. The lowest BCUT2D eigenvalue weighted by atomic mass is 9.81. The second kappa shape index (κ2) is 8.91. The summed E-state index contributed by atoms with van der Waals surface area (Å²) < 4.78 is 78.9. The molecule has 1 aliphatic carbocycles. The van der Waals surface area contributed by atoms with Gasteiger partial charge in [-0.1, -0.05) is 0 Å². The topological polar surface area (TPSA) is 90.5 Å². The second-order valence-corrected chi connectivity index (χ2v) is 13.2. The third kappa shape index (κ3) is 4.22. The third-order valence-corrected chi connectivity index (χ3v) is 11.2. The van der Waals surface area contributed by atoms with E-state index in [9.17, 15) is 26.0 Å². The van der Waals surface area contributed by atoms with Gasteiger partial charge in [-0.15, -0.1) is 0 Å². The summed E-state index contributed by atoms with van der Waals surface area (Å²) in [4.78, 5) is 11.2. The van der Waals surface area contributed by atoms with E-state index in [-0.39, 0.29) is 43.0 Å². The first kappa shape index (κ1) is 25.1. The van der Waals surface area contributed by atoms with Gasteiger partial charge in [0.05, 0.1) is 11.2 Å². The van der Waals surface area contributed by atoms with Crippen molar-refractivity contribution in [3.05, 3.63) is 23.9 Å². The maximum absolute atomic E-state index is 13.6. The lowest BCUT2D eigenvalue weighted by molar-refractivity contribution is 0.129. The van der Waals surface area contributed by atoms with Crippen molar-refractivity contribution < 1.29 is 26.0 Å². The summed E-state index contributed by atoms with van der Waals surface area (Å²) in [6.45, 7) is 3.68. The van der Waals surface area contributed by atoms with Crippen LogP contribution in [0.25, 0.3) is 10.9 Å². The van der Waals surface area contributed by atoms with Gasteiger partial charge < -0.3 is 15.5 Å². The van der Waals surface area contributed by atoms with E-state index >= 15 is 0 Å². The highest BCUT2D eigenvalue weighted by Crippen LogP contribution is 2.50. The Bertz CT molecular complexity index is 1290. The molecule has 8 nitrogen and oxygen atoms in total. The van der Waals surface area contributed by atoms with Gasteiger partial charge in [0, 0.05) is 67.9 Å². The zero-order valence-corrected chi connectivity index (χ0v) is 21.1. The lowest BCUT2D eigenvalue weighted by Gasteiger charge is -2.39. The third-order valence-electron chi connectivity index (χ3n) is 8.50. The fourth-order valence-electron chi connectivity index (χ4n) is 5.89. The van der Waals surface area contributed by atoms with Crippen LogP contribution >= 0.6 is 0 Å². The molecular weight excluding hydrogens is 512 g/mol. The van der Waals surface area contributed by atoms with E-state index in [1.165, 1.54) is 22.6 Å². The number of aromatic nitrogens is 2. The number of halogens is 4. The minimum Gasteiger partial charge on any atom is -0.369 e. The molecule has 1 saturated carbocycles. The molecule has 0 unspecified atom stereocenters. The van der Waals surface area contributed by atoms with E-state index in [1.54, 1.807) is 0 Å². The zero-order chi connectivity index (χ0) is 26.0. The molecular formula is C24H30F4N6O2S. The molecule has 6 rings (SSSR count). The van der Waals surface area contributed by atoms with Gasteiger partial charge >= 0.3 is 0 Å². The van der Waals surface area contributed by atoms with Crippen LogP contribution in [0.2, 0.25) is 0 Å². The Hall–Kier alpha value is -2.25. The van der Waals surface area contributed by atoms with Gasteiger partial charge in [0.25, 0.3) is 12.9 Å². The van der Waals surface area contributed by atoms with Gasteiger partial charge in [-0.3, -0.25) is 0 Å². The van der Waals surface area contributed by atoms with Crippen molar-refractivity contribution in [3.8, 4) is 0 Å². The molecule has 0 atom stereocenters. The first-order valence-electron chi connectivity index (χ1n) is 12.7. The lowest BCUT2D eigenvalue weighted by Crippen LogP contribution is -2.54. The van der Waals surface area contributed by atoms with Gasteiger partial charge in [-0.05, 0) is 44.2 Å². The number of hydrogen-bond acceptors (Lipinski definition) is 7. The maximum Gasteiger partial charge on any atom is 0.263 e. The smallest absolute Gasteiger partial charge is 0.263 e. The number of fused-ring (bicyclic) bond motifs is 1. The largest absolute Gasteiger partial charge is 0.369 e. The standard InChI is InChI=1S/C24H30F4N6O2S/c25-20(26)15-9-16-11-30-22(32-19(16)18(10-15)33-8-5-23(14-33)12-29-13-23)31-17-1-6-34(7-2-17)37(35,36)24(3-4-24)21(27)28/h9-11,17,20-21,29H,1-8,12-14H2,(H,30,31,32). The van der Waals surface area contributed by atoms with Crippen molar-refractivity contribution in [2.45, 2.75) is 55.7 Å². The average Bonchev–Trinajstić information content (AvgIpc) is 3.56. The van der Waals surface area contributed by atoms with E-state index < -0.39 is 27.6 Å². The van der Waals surface area contributed by atoms with Gasteiger partial charge in [0.1, 0.15) is 4.75 Å². The number of anilines is 2. The Morgan fingerprint density at radius 1 is 1.05 bits per heavy atom. The summed E-state index contributed by atoms with van der Waals surface area (Å²) in [5.74, 6) is 0.338. The second-order valence-electron chi connectivity index (χ2n) is 10.9. The number of rotatable bonds is 7. The van der Waals surface area contributed by atoms with Crippen molar-refractivity contribution in [2.24, 2.45) is 5.41 Å². The van der Waals surface area contributed by atoms with Crippen molar-refractivity contribution in [3.63, 3.8) is 0 Å². The van der Waals surface area contributed by atoms with Crippen molar-refractivity contribution >= 4 is 32.6 Å². The van der Waals surface area contributed by atoms with Gasteiger partial charge in [-0.25, -0.2) is 40.3 Å². The monoisotopic (exact) mass is 542 g/mol. The van der Waals surface area contributed by atoms with E-state index in [1.807, 2.05) is 0 Å². The number of nitrogens with one attached hydrogen (secondary N) is 2. The zero-order valence-electron chi connectivity index (χ0n) is 20.3. The van der Waals surface area contributed by atoms with E-state index in [2.05, 4.69) is 20.5 Å². The van der Waals surface area contributed by atoms with Crippen molar-refractivity contribution in [2.75, 3.05) is 49.5 Å². The summed E-state index contributed by atoms with van der Waals surface area (Å²) in [5, 5.41) is 7.09. The van der Waals surface area contributed by atoms with Crippen LogP contribution in [0.3, 0.4) is 0 Å². The molecule has 0 amide bonds. The Morgan fingerprint density at radius 3 is 2.35 bits per heavy atom. The maximum atomic E-state index is 13.6. The predicted octanol–water partition coefficient (Wildman–Crippen LogP) is 3.37. The van der Waals surface area contributed by atoms with Crippen molar-refractivity contribution in [1.82, 2.24) is 19.6 Å². The number of benzene rings is 1. The molecule has 1 aromatic carbocycles. The van der Waals surface area contributed by atoms with Gasteiger partial charge in [0.15, 0.2) is 0 Å². The molecule has 13 heteroatoms. The highest BCUT2D eigenvalue weighted by Gasteiger charge is 2.63. The SMILES string of the molecule is O=S(=O)(N1CCC(Nc2ncc3cc(C(F)F)cc(N4CCC5(CNC5)C4)c3n2)CC1)C1(C(F)F)CC1. The van der Waals surface area contributed by atoms with Crippen LogP contribution in [0, 0.1) is 5.41 Å². The van der Waals surface area contributed by atoms with Crippen LogP contribution in [0.15, 0.2) is 18.3 Å². The fraction of sp³-hybridized carbons (Fsp3) is 0.667. The normalized spacial score (nSPS) is 23.8. The van der Waals surface area contributed by atoms with Crippen molar-refractivity contribution in [1.29, 1.82) is 0 Å². The summed E-state index contributed by atoms with van der Waals surface area (Å²) in [7, 11) is -4.06. The summed E-state index contributed by atoms with van der Waals surface area (Å²) in [6, 6.07) is 2.81. The summed E-state index contributed by atoms with van der Waals surface area (Å²) >= 11 is 0. The minimum atomic E-state index is -4.06. The van der Waals surface area contributed by atoms with Crippen LogP contribution in [-0.2, 0) is 10.0 Å². The average molecular weight is 543 g/mol. The molecule has 202 valence electrons. The molecule has 4 heterocycles. The molecule has 4 aliphatic rings. The molecule has 0 bridgehead atoms. The van der Waals surface area contributed by atoms with E-state index in [0.717, 1.165) is 32.6 Å².